The Balaban J connectivity index is -0.0000000685. The number of ketones is 3. The molecular weight excluding hydrogens is 1150 g/mol. The van der Waals surface area contributed by atoms with Crippen molar-refractivity contribution >= 4 is 141 Å². The number of aliphatic carboxylic acids is 5. The summed E-state index contributed by atoms with van der Waals surface area (Å²) in [6, 6.07) is -0.833. The molecule has 0 rings (SSSR count). The predicted molar refractivity (Wildman–Crippen MR) is 243 cm³/mol. The van der Waals surface area contributed by atoms with E-state index in [0.717, 1.165) is 6.54 Å². The maximum absolute atomic E-state index is 12.0. The summed E-state index contributed by atoms with van der Waals surface area (Å²) in [5, 5.41) is 66.8. The summed E-state index contributed by atoms with van der Waals surface area (Å²) in [4.78, 5) is 192. The van der Waals surface area contributed by atoms with Gasteiger partial charge in [0, 0.05) is 26.2 Å². The number of carboxylic acids is 5. The molecule has 0 aromatic carbocycles. The first-order valence-electron chi connectivity index (χ1n) is 16.5. The number of nitrogens with zero attached hydrogens (tertiary/aromatic N) is 1. The van der Waals surface area contributed by atoms with Crippen molar-refractivity contribution in [1.29, 1.82) is 0 Å². The zero-order valence-electron chi connectivity index (χ0n) is 34.8. The molecule has 70 heavy (non-hydrogen) atoms. The number of urea groups is 1. The Labute approximate surface area is 418 Å². The van der Waals surface area contributed by atoms with E-state index < -0.39 is 150 Å². The summed E-state index contributed by atoms with van der Waals surface area (Å²) in [6.07, 6.45) is -4.56. The molecule has 0 spiro atoms. The fourth-order valence-electron chi connectivity index (χ4n) is 3.20. The zero-order chi connectivity index (χ0) is 54.0. The molecule has 0 fully saturated rings. The Morgan fingerprint density at radius 3 is 1.07 bits per heavy atom. The van der Waals surface area contributed by atoms with E-state index in [1.54, 1.807) is 0 Å². The quantitative estimate of drug-likeness (QED) is 0.00956. The van der Waals surface area contributed by atoms with Gasteiger partial charge in [-0.15, -0.1) is 36.4 Å². The van der Waals surface area contributed by atoms with E-state index in [2.05, 4.69) is 22.1 Å². The van der Waals surface area contributed by atoms with Crippen molar-refractivity contribution < 1.29 is 146 Å². The van der Waals surface area contributed by atoms with Crippen molar-refractivity contribution in [3.8, 4) is 0 Å². The maximum Gasteiger partial charge on any atom is 0.530 e. The highest BCUT2D eigenvalue weighted by molar-refractivity contribution is 14.0. The molecule has 0 heterocycles. The highest BCUT2D eigenvalue weighted by Crippen LogP contribution is 2.34. The third-order valence-corrected chi connectivity index (χ3v) is 6.60. The Morgan fingerprint density at radius 2 is 0.886 bits per heavy atom. The summed E-state index contributed by atoms with van der Waals surface area (Å²) in [6.45, 7) is 1.05. The van der Waals surface area contributed by atoms with Gasteiger partial charge >= 0.3 is 75.1 Å². The molecule has 1 atom stereocenters. The second-order valence-corrected chi connectivity index (χ2v) is 14.4. The minimum absolute atomic E-state index is 0. The molecule has 0 aliphatic carbocycles. The van der Waals surface area contributed by atoms with Crippen LogP contribution in [0.2, 0.25) is 0 Å². The Bertz CT molecular complexity index is 1680. The van der Waals surface area contributed by atoms with Crippen LogP contribution in [0.4, 0.5) is 4.79 Å². The number of primary amides is 2. The third-order valence-electron chi connectivity index (χ3n) is 5.20. The number of aldehydes is 2. The smallest absolute Gasteiger partial charge is 0.530 e. The second-order valence-electron chi connectivity index (χ2n) is 11.1. The first kappa shape index (κ1) is 90.4. The minimum atomic E-state index is -4.44. The fourth-order valence-corrected chi connectivity index (χ4v) is 4.33. The number of likely N-dealkylation sites (N-methyl/N-ethyl adjacent to an activating group) is 1. The summed E-state index contributed by atoms with van der Waals surface area (Å²) >= 11 is 0. The first-order chi connectivity index (χ1) is 29.9. The topological polar surface area (TPSA) is 637 Å². The largest absolute Gasteiger partial charge is 0.565 e. The summed E-state index contributed by atoms with van der Waals surface area (Å²) in [7, 11) is -8.50. The van der Waals surface area contributed by atoms with Crippen molar-refractivity contribution in [3.63, 3.8) is 0 Å². The van der Waals surface area contributed by atoms with Crippen LogP contribution < -0.4 is 22.1 Å². The average Bonchev–Trinajstić information content (AvgIpc) is 3.11. The van der Waals surface area contributed by atoms with Gasteiger partial charge in [0.1, 0.15) is 18.5 Å². The molecule has 2 amide bonds. The molecule has 0 aliphatic heterocycles. The van der Waals surface area contributed by atoms with E-state index in [1.807, 2.05) is 6.92 Å². The van der Waals surface area contributed by atoms with E-state index >= 15 is 0 Å². The minimum Gasteiger partial charge on any atom is -0.565 e. The van der Waals surface area contributed by atoms with Gasteiger partial charge in [-0.1, -0.05) is 21.8 Å². The molecule has 0 aromatic rings. The number of Topliss-reactive ketones (excluding diaryl/α,β-unsaturated/α-hetero) is 3. The standard InChI is InChI=1S/C11H14O9.C5H10NO7P.C4H9NO2.C4H2O4.C3H8NO5P.CH4N2O.CO2.2CH4.ClH.HI/c12-7(13)1-5(2-8(14)15)11(20)6(3-9(16)17)4-10(18)19;7-4(8)1-6(2-5(9)10)3-14(11,12)13;1-2-5-3-4(6)7;5-1-3(7)4(8)2-6;5-3(6)1-4-2-10(7,8)9;2-1(3)4;2-1-3;;;;/h5-6H,1-4H2,(H,12,13)(H,14,15)(H,16,17)(H,18,19);1-3H2,(H,7,8)(H,9,10)(H2,11,12,13);5H,2-3H2,1H3,(H,6,7);1-2H;4H,1-2H2,(H,5,6)(H2,7,8,9);(H4,2,3,4);;2*1H4;2*1H/p+3. The number of hydrogen-bond acceptors (Lipinski definition) is 21. The van der Waals surface area contributed by atoms with E-state index in [9.17, 15) is 71.5 Å². The molecule has 0 aliphatic rings. The Kier molecular flexibility index (Phi) is 69.6. The number of nitrogens with two attached hydrogens (primary N) is 2. The summed E-state index contributed by atoms with van der Waals surface area (Å²) in [5.41, 5.74) is 8.50. The van der Waals surface area contributed by atoms with Crippen LogP contribution in [0.1, 0.15) is 47.5 Å². The first-order valence-corrected chi connectivity index (χ1v) is 20.1. The monoisotopic (exact) mass is 1210 g/mol. The van der Waals surface area contributed by atoms with Gasteiger partial charge in [0.2, 0.25) is 0 Å². The van der Waals surface area contributed by atoms with Crippen LogP contribution in [0.15, 0.2) is 0 Å². The van der Waals surface area contributed by atoms with E-state index in [4.69, 9.17) is 74.8 Å². The highest BCUT2D eigenvalue weighted by Gasteiger charge is 2.35. The van der Waals surface area contributed by atoms with Crippen LogP contribution in [0.3, 0.4) is 0 Å². The molecule has 0 bridgehead atoms. The second kappa shape index (κ2) is 53.9. The maximum atomic E-state index is 12.0. The molecule has 0 radical (unpaired) electrons. The van der Waals surface area contributed by atoms with E-state index in [-0.39, 0.29) is 83.1 Å². The van der Waals surface area contributed by atoms with Crippen LogP contribution in [0.25, 0.3) is 0 Å². The van der Waals surface area contributed by atoms with Crippen LogP contribution in [-0.2, 0) is 81.0 Å². The van der Waals surface area contributed by atoms with Gasteiger partial charge in [-0.05, 0) is 6.54 Å². The lowest BCUT2D eigenvalue weighted by Gasteiger charge is -2.17. The number of carbonyl (C=O) groups excluding carboxylic acids is 11. The van der Waals surface area contributed by atoms with Gasteiger partial charge in [0.05, 0.1) is 38.6 Å². The summed E-state index contributed by atoms with van der Waals surface area (Å²) < 4.78 is 20.5. The SMILES string of the molecule is C.C.CCNCC(=O)[OH2+].Cl.I.NC(N)=O.O=C(O)CC(CC(=O)O)C(=O)C(CC(=O)O)CC(=O)[OH2+].O=C(O)CN(CC(=O)O)CP(=O)(O)O.O=C([OH2+])CNCP(=O)(O)O.O=C=O.O=CC(=O)C(=O)C=O. The number of carboxylic acid groups (broad SMARTS) is 5. The van der Waals surface area contributed by atoms with Gasteiger partial charge in [-0.25, -0.2) is 4.79 Å². The Morgan fingerprint density at radius 1 is 0.600 bits per heavy atom. The van der Waals surface area contributed by atoms with Gasteiger partial charge in [0.25, 0.3) is 11.6 Å². The van der Waals surface area contributed by atoms with Crippen molar-refractivity contribution in [1.82, 2.24) is 15.5 Å². The molecule has 35 nitrogen and oxygen atoms in total. The van der Waals surface area contributed by atoms with Crippen LogP contribution in [0.5, 0.6) is 0 Å². The fraction of sp³-hybridized carbons (Fsp3) is 0.516. The number of hydrogen-bond donors (Lipinski definition) is 13. The Hall–Kier alpha value is -6.04. The van der Waals surface area contributed by atoms with Crippen molar-refractivity contribution in [3.05, 3.63) is 0 Å². The van der Waals surface area contributed by atoms with Gasteiger partial charge < -0.3 is 77.2 Å². The van der Waals surface area contributed by atoms with Gasteiger partial charge in [-0.2, -0.15) is 9.59 Å². The number of halogens is 2. The lowest BCUT2D eigenvalue weighted by molar-refractivity contribution is -0.192. The molecule has 0 aromatic heterocycles. The van der Waals surface area contributed by atoms with Crippen molar-refractivity contribution in [2.45, 2.75) is 47.5 Å². The molecule has 0 saturated heterocycles. The van der Waals surface area contributed by atoms with E-state index in [0.29, 0.717) is 4.90 Å². The van der Waals surface area contributed by atoms with Gasteiger partial charge in [0.15, 0.2) is 25.7 Å². The molecule has 21 N–H and O–H groups in total. The summed E-state index contributed by atoms with van der Waals surface area (Å²) in [5.74, 6) is -15.9. The van der Waals surface area contributed by atoms with Gasteiger partial charge in [-0.3, -0.25) is 67.3 Å². The van der Waals surface area contributed by atoms with E-state index in [1.165, 1.54) is 0 Å². The zero-order valence-corrected chi connectivity index (χ0v) is 39.7. The number of amides is 2. The van der Waals surface area contributed by atoms with Crippen molar-refractivity contribution in [2.75, 3.05) is 45.3 Å². The predicted octanol–water partition coefficient (Wildman–Crippen LogP) is -6.47. The third kappa shape index (κ3) is 92.2. The van der Waals surface area contributed by atoms with Crippen molar-refractivity contribution in [2.24, 2.45) is 23.3 Å². The van der Waals surface area contributed by atoms with Crippen LogP contribution in [0, 0.1) is 11.8 Å². The van der Waals surface area contributed by atoms with Crippen LogP contribution >= 0.6 is 51.6 Å². The molecule has 0 saturated carbocycles. The molecular formula is C31H60ClIN5O30P2+3. The normalized spacial score (nSPS) is 9.53. The molecule has 410 valence electrons. The molecule has 39 heteroatoms. The number of carbonyl (C=O) groups is 14. The lowest BCUT2D eigenvalue weighted by atomic mass is 9.84. The number of nitrogens with one attached hydrogen (secondary N) is 2. The average molecular weight is 1210 g/mol. The van der Waals surface area contributed by atoms with Crippen LogP contribution in [-0.4, -0.2) is 200 Å². The number of rotatable bonds is 26. The lowest BCUT2D eigenvalue weighted by Crippen LogP contribution is -2.35. The molecule has 1 unspecified atom stereocenters. The highest BCUT2D eigenvalue weighted by atomic mass is 127.